The minimum atomic E-state index is -4.45. The van der Waals surface area contributed by atoms with Crippen LogP contribution in [-0.2, 0) is 26.0 Å². The summed E-state index contributed by atoms with van der Waals surface area (Å²) in [5, 5.41) is 18.0. The average Bonchev–Trinajstić information content (AvgIpc) is 3.96. The lowest BCUT2D eigenvalue weighted by atomic mass is 10.2. The smallest absolute Gasteiger partial charge is 0.294 e. The van der Waals surface area contributed by atoms with Gasteiger partial charge in [0, 0.05) is 54.8 Å². The van der Waals surface area contributed by atoms with E-state index in [-0.39, 0.29) is 21.7 Å². The number of azo groups is 1. The van der Waals surface area contributed by atoms with Crippen LogP contribution in [0.1, 0.15) is 33.3 Å². The van der Waals surface area contributed by atoms with Crippen LogP contribution in [0.5, 0.6) is 11.5 Å². The van der Waals surface area contributed by atoms with Gasteiger partial charge in [0.1, 0.15) is 22.2 Å². The maximum absolute atomic E-state index is 11.9. The number of hydrogen-bond acceptors (Lipinski definition) is 22. The van der Waals surface area contributed by atoms with Crippen LogP contribution in [0.3, 0.4) is 0 Å². The van der Waals surface area contributed by atoms with Crippen LogP contribution in [0.2, 0.25) is 0 Å². The molecule has 0 aliphatic rings. The molecule has 0 saturated heterocycles. The van der Waals surface area contributed by atoms with Crippen molar-refractivity contribution in [2.45, 2.75) is 48.4 Å². The minimum absolute atomic E-state index is 0.170. The number of aromatic nitrogens is 5. The molecule has 3 aromatic heterocycles. The molecule has 0 unspecified atom stereocenters. The maximum Gasteiger partial charge on any atom is 0.294 e. The van der Waals surface area contributed by atoms with E-state index in [0.29, 0.717) is 90.1 Å². The molecule has 26 heteroatoms. The van der Waals surface area contributed by atoms with Crippen molar-refractivity contribution in [1.82, 2.24) is 23.7 Å². The van der Waals surface area contributed by atoms with Gasteiger partial charge in [0.15, 0.2) is 10.2 Å². The van der Waals surface area contributed by atoms with Crippen LogP contribution in [0, 0.1) is 0 Å². The molecule has 0 aliphatic heterocycles. The van der Waals surface area contributed by atoms with Crippen molar-refractivity contribution in [2.24, 2.45) is 10.2 Å². The van der Waals surface area contributed by atoms with Crippen LogP contribution in [0.15, 0.2) is 116 Å². The number of nitrogens with two attached hydrogens (primary N) is 2. The predicted molar refractivity (Wildman–Crippen MR) is 287 cm³/mol. The molecule has 8 aromatic rings. The lowest BCUT2D eigenvalue weighted by Crippen LogP contribution is -2.22. The van der Waals surface area contributed by atoms with Crippen LogP contribution in [0.4, 0.5) is 56.0 Å². The topological polar surface area (TPSA) is 299 Å². The molecule has 0 amide bonds. The SMILES string of the molecule is CCN(CC)c1cc(Nc2nc(Nc3cc(N(CC)CC)c(OC)cc3N=Nc3snc4ccc(S(=O)(=O)O)cc34)nc(SCc3ccccc3)n2)c(N)cc1OC.Nc1snc2ccc(S(=O)(=O)O)cc12. The van der Waals surface area contributed by atoms with Gasteiger partial charge in [-0.15, -0.1) is 10.2 Å². The first-order chi connectivity index (χ1) is 34.5. The van der Waals surface area contributed by atoms with E-state index in [1.807, 2.05) is 42.5 Å². The van der Waals surface area contributed by atoms with Crippen molar-refractivity contribution in [2.75, 3.05) is 72.3 Å². The molecule has 21 nitrogen and oxygen atoms in total. The molecular formula is C46H51N13O8S5. The van der Waals surface area contributed by atoms with E-state index in [1.165, 1.54) is 48.2 Å². The van der Waals surface area contributed by atoms with Gasteiger partial charge in [0.25, 0.3) is 20.2 Å². The molecule has 378 valence electrons. The summed E-state index contributed by atoms with van der Waals surface area (Å²) in [6.07, 6.45) is 0. The quantitative estimate of drug-likeness (QED) is 0.0190. The average molecular weight is 1070 g/mol. The lowest BCUT2D eigenvalue weighted by molar-refractivity contribution is 0.414. The van der Waals surface area contributed by atoms with Crippen molar-refractivity contribution in [3.63, 3.8) is 0 Å². The summed E-state index contributed by atoms with van der Waals surface area (Å²) in [5.41, 5.74) is 17.9. The van der Waals surface area contributed by atoms with Gasteiger partial charge in [-0.05, 0) is 105 Å². The number of methoxy groups -OCH3 is 2. The first-order valence-electron chi connectivity index (χ1n) is 22.0. The zero-order valence-corrected chi connectivity index (χ0v) is 43.8. The van der Waals surface area contributed by atoms with Crippen molar-refractivity contribution in [3.05, 3.63) is 96.6 Å². The van der Waals surface area contributed by atoms with Gasteiger partial charge in [-0.3, -0.25) is 9.11 Å². The number of hydrogen-bond donors (Lipinski definition) is 6. The number of nitrogens with one attached hydrogen (secondary N) is 2. The van der Waals surface area contributed by atoms with Gasteiger partial charge in [-0.2, -0.15) is 40.5 Å². The minimum Gasteiger partial charge on any atom is -0.495 e. The zero-order chi connectivity index (χ0) is 51.7. The molecule has 72 heavy (non-hydrogen) atoms. The fourth-order valence-corrected chi connectivity index (χ4v) is 10.3. The molecule has 0 bridgehead atoms. The second-order valence-corrected chi connectivity index (χ2v) is 20.7. The van der Waals surface area contributed by atoms with E-state index in [0.717, 1.165) is 53.1 Å². The van der Waals surface area contributed by atoms with E-state index in [1.54, 1.807) is 26.4 Å². The third kappa shape index (κ3) is 12.6. The van der Waals surface area contributed by atoms with Gasteiger partial charge >= 0.3 is 0 Å². The molecule has 8 N–H and O–H groups in total. The number of nitrogen functional groups attached to an aromatic ring is 2. The number of fused-ring (bicyclic) bond motifs is 2. The first kappa shape index (κ1) is 52.9. The summed E-state index contributed by atoms with van der Waals surface area (Å²) in [4.78, 5) is 18.3. The van der Waals surface area contributed by atoms with E-state index < -0.39 is 20.2 Å². The number of ether oxygens (including phenoxy) is 2. The number of benzene rings is 5. The summed E-state index contributed by atoms with van der Waals surface area (Å²) in [6.45, 7) is 11.2. The van der Waals surface area contributed by atoms with Crippen LogP contribution < -0.4 is 41.4 Å². The van der Waals surface area contributed by atoms with Crippen LogP contribution in [-0.4, -0.2) is 90.0 Å². The van der Waals surface area contributed by atoms with Crippen molar-refractivity contribution in [3.8, 4) is 11.5 Å². The van der Waals surface area contributed by atoms with E-state index >= 15 is 0 Å². The fraction of sp³-hybridized carbons (Fsp3) is 0.239. The maximum atomic E-state index is 11.9. The van der Waals surface area contributed by atoms with Gasteiger partial charge in [0.05, 0.1) is 63.5 Å². The third-order valence-corrected chi connectivity index (χ3v) is 15.0. The summed E-state index contributed by atoms with van der Waals surface area (Å²) in [6, 6.07) is 25.6. The Bertz CT molecular complexity index is 3460. The third-order valence-electron chi connectivity index (χ3n) is 10.9. The Balaban J connectivity index is 0.000000464. The highest BCUT2D eigenvalue weighted by molar-refractivity contribution is 7.98. The standard InChI is InChI=1S/C39H45N11O5S3.C7H6N2O3S2/c1-7-49(8-2)32-20-29(27(40)19-34(32)54-5)41-37-43-38(45-39(44-37)56-23-24-14-12-11-13-15-24)42-30-21-33(50(9-3)10-4)35(55-6)22-31(30)46-47-36-26-18-25(58(51,52)53)16-17-28(26)48-57-36;8-7-5-3-4(14(10,11)12)1-2-6(5)9-13-7/h11-22H,7-10,23,40H2,1-6H3,(H,51,52,53)(H2,41,42,43,44,45);1-3H,8H2,(H,10,11,12). The highest BCUT2D eigenvalue weighted by atomic mass is 32.2. The van der Waals surface area contributed by atoms with Gasteiger partial charge < -0.3 is 41.4 Å². The van der Waals surface area contributed by atoms with Gasteiger partial charge in [0.2, 0.25) is 11.9 Å². The molecule has 0 fully saturated rings. The number of anilines is 8. The number of rotatable bonds is 19. The Hall–Kier alpha value is -6.94. The highest BCUT2D eigenvalue weighted by Crippen LogP contribution is 2.42. The Morgan fingerprint density at radius 2 is 1.18 bits per heavy atom. The zero-order valence-electron chi connectivity index (χ0n) is 39.8. The van der Waals surface area contributed by atoms with E-state index in [2.05, 4.69) is 67.1 Å². The second-order valence-electron chi connectivity index (χ2n) is 15.3. The molecule has 3 heterocycles. The van der Waals surface area contributed by atoms with Crippen molar-refractivity contribution >= 4 is 133 Å². The number of thioether (sulfide) groups is 1. The molecule has 0 aliphatic carbocycles. The second kappa shape index (κ2) is 23.1. The van der Waals surface area contributed by atoms with Crippen molar-refractivity contribution in [1.29, 1.82) is 0 Å². The van der Waals surface area contributed by atoms with E-state index in [4.69, 9.17) is 40.4 Å². The Kier molecular flexibility index (Phi) is 16.9. The molecule has 8 rings (SSSR count). The molecule has 0 saturated carbocycles. The monoisotopic (exact) mass is 1070 g/mol. The van der Waals surface area contributed by atoms with Crippen molar-refractivity contribution < 1.29 is 35.4 Å². The van der Waals surface area contributed by atoms with E-state index in [9.17, 15) is 21.4 Å². The largest absolute Gasteiger partial charge is 0.495 e. The van der Waals surface area contributed by atoms with Gasteiger partial charge in [-0.25, -0.2) is 0 Å². The highest BCUT2D eigenvalue weighted by Gasteiger charge is 2.20. The summed E-state index contributed by atoms with van der Waals surface area (Å²) < 4.78 is 83.8. The first-order valence-corrected chi connectivity index (χ1v) is 27.4. The molecular weight excluding hydrogens is 1020 g/mol. The van der Waals surface area contributed by atoms with Gasteiger partial charge in [-0.1, -0.05) is 42.1 Å². The molecule has 5 aromatic carbocycles. The fourth-order valence-electron chi connectivity index (χ4n) is 7.22. The Morgan fingerprint density at radius 3 is 1.75 bits per heavy atom. The Labute approximate surface area is 428 Å². The molecule has 0 spiro atoms. The normalized spacial score (nSPS) is 11.7. The predicted octanol–water partition coefficient (Wildman–Crippen LogP) is 10.3. The summed E-state index contributed by atoms with van der Waals surface area (Å²) in [5.74, 6) is 2.29. The summed E-state index contributed by atoms with van der Waals surface area (Å²) >= 11 is 3.58. The lowest BCUT2D eigenvalue weighted by Gasteiger charge is -2.25. The van der Waals surface area contributed by atoms with Crippen LogP contribution in [0.25, 0.3) is 21.8 Å². The molecule has 0 radical (unpaired) electrons. The molecule has 0 atom stereocenters. The number of nitrogens with zero attached hydrogens (tertiary/aromatic N) is 9. The Morgan fingerprint density at radius 1 is 0.653 bits per heavy atom. The van der Waals surface area contributed by atoms with Crippen LogP contribution >= 0.6 is 34.8 Å². The summed E-state index contributed by atoms with van der Waals surface area (Å²) in [7, 11) is -5.42.